The van der Waals surface area contributed by atoms with Crippen LogP contribution in [0.4, 0.5) is 0 Å². The number of carbonyl (C=O) groups excluding carboxylic acids is 1. The number of ether oxygens (including phenoxy) is 1. The molecule has 2 heterocycles. The van der Waals surface area contributed by atoms with Crippen molar-refractivity contribution in [1.82, 2.24) is 15.3 Å². The van der Waals surface area contributed by atoms with Crippen molar-refractivity contribution in [3.05, 3.63) is 100 Å². The zero-order valence-electron chi connectivity index (χ0n) is 17.4. The number of pyridine rings is 1. The normalized spacial score (nSPS) is 11.7. The molecule has 6 heteroatoms. The molecule has 1 unspecified atom stereocenters. The number of nitrogens with zero attached hydrogens (tertiary/aromatic N) is 2. The highest BCUT2D eigenvalue weighted by atomic mass is 32.1. The second kappa shape index (κ2) is 9.53. The van der Waals surface area contributed by atoms with Crippen LogP contribution in [0.1, 0.15) is 38.9 Å². The summed E-state index contributed by atoms with van der Waals surface area (Å²) in [5.74, 6) is 0.611. The van der Waals surface area contributed by atoms with E-state index in [4.69, 9.17) is 4.74 Å². The van der Waals surface area contributed by atoms with Crippen LogP contribution in [0.5, 0.6) is 5.75 Å². The number of nitrogens with one attached hydrogen (secondary N) is 1. The fourth-order valence-corrected chi connectivity index (χ4v) is 4.08. The molecule has 2 aromatic carbocycles. The van der Waals surface area contributed by atoms with E-state index in [-0.39, 0.29) is 11.9 Å². The molecule has 5 nitrogen and oxygen atoms in total. The molecule has 0 aliphatic heterocycles. The summed E-state index contributed by atoms with van der Waals surface area (Å²) >= 11 is 1.41. The summed E-state index contributed by atoms with van der Waals surface area (Å²) in [6, 6.07) is 23.1. The van der Waals surface area contributed by atoms with Gasteiger partial charge in [0.1, 0.15) is 17.2 Å². The Bertz CT molecular complexity index is 1160. The molecule has 0 radical (unpaired) electrons. The van der Waals surface area contributed by atoms with Crippen LogP contribution in [0, 0.1) is 6.92 Å². The third-order valence-corrected chi connectivity index (χ3v) is 5.78. The van der Waals surface area contributed by atoms with Crippen molar-refractivity contribution in [2.24, 2.45) is 0 Å². The minimum absolute atomic E-state index is 0.128. The van der Waals surface area contributed by atoms with Gasteiger partial charge in [0.15, 0.2) is 0 Å². The van der Waals surface area contributed by atoms with Gasteiger partial charge in [0.25, 0.3) is 5.91 Å². The number of hydrogen-bond acceptors (Lipinski definition) is 5. The van der Waals surface area contributed by atoms with Gasteiger partial charge in [-0.1, -0.05) is 48.5 Å². The first kappa shape index (κ1) is 20.8. The number of thiazole rings is 1. The lowest BCUT2D eigenvalue weighted by molar-refractivity contribution is 0.0944. The second-order valence-corrected chi connectivity index (χ2v) is 8.36. The Morgan fingerprint density at radius 2 is 1.87 bits per heavy atom. The molecular weight excluding hydrogens is 406 g/mol. The van der Waals surface area contributed by atoms with Crippen LogP contribution in [0.25, 0.3) is 11.3 Å². The lowest BCUT2D eigenvalue weighted by atomic mass is 10.1. The molecule has 0 spiro atoms. The van der Waals surface area contributed by atoms with E-state index in [9.17, 15) is 4.79 Å². The van der Waals surface area contributed by atoms with Gasteiger partial charge in [0.2, 0.25) is 0 Å². The van der Waals surface area contributed by atoms with E-state index in [1.165, 1.54) is 11.3 Å². The van der Waals surface area contributed by atoms with E-state index in [0.717, 1.165) is 33.3 Å². The predicted octanol–water partition coefficient (Wildman–Crippen LogP) is 5.58. The summed E-state index contributed by atoms with van der Waals surface area (Å²) in [6.45, 7) is 4.27. The molecule has 0 bridgehead atoms. The zero-order chi connectivity index (χ0) is 21.6. The van der Waals surface area contributed by atoms with Gasteiger partial charge < -0.3 is 10.1 Å². The maximum Gasteiger partial charge on any atom is 0.264 e. The van der Waals surface area contributed by atoms with E-state index >= 15 is 0 Å². The van der Waals surface area contributed by atoms with Crippen LogP contribution in [-0.4, -0.2) is 15.9 Å². The van der Waals surface area contributed by atoms with Crippen molar-refractivity contribution in [1.29, 1.82) is 0 Å². The van der Waals surface area contributed by atoms with Crippen LogP contribution in [0.15, 0.2) is 79.0 Å². The van der Waals surface area contributed by atoms with Crippen molar-refractivity contribution < 1.29 is 9.53 Å². The molecule has 1 amide bonds. The molecule has 0 fully saturated rings. The Kier molecular flexibility index (Phi) is 6.38. The van der Waals surface area contributed by atoms with Crippen LogP contribution in [-0.2, 0) is 6.61 Å². The Labute approximate surface area is 185 Å². The van der Waals surface area contributed by atoms with Crippen molar-refractivity contribution in [2.45, 2.75) is 26.5 Å². The number of aryl methyl sites for hydroxylation is 1. The molecule has 4 aromatic rings. The Hall–Kier alpha value is -3.51. The van der Waals surface area contributed by atoms with Gasteiger partial charge in [-0.25, -0.2) is 4.98 Å². The minimum Gasteiger partial charge on any atom is -0.487 e. The SMILES string of the molecule is Cc1nc(-c2ccccc2)c(C(=O)NC(C)c2cccc(OCc3ccccn3)c2)s1. The maximum absolute atomic E-state index is 13.1. The highest BCUT2D eigenvalue weighted by Crippen LogP contribution is 2.29. The molecule has 0 aliphatic carbocycles. The lowest BCUT2D eigenvalue weighted by Crippen LogP contribution is -2.26. The van der Waals surface area contributed by atoms with E-state index in [1.54, 1.807) is 6.20 Å². The molecule has 1 atom stereocenters. The highest BCUT2D eigenvalue weighted by molar-refractivity contribution is 7.14. The fraction of sp³-hybridized carbons (Fsp3) is 0.160. The maximum atomic E-state index is 13.1. The van der Waals surface area contributed by atoms with Gasteiger partial charge in [0, 0.05) is 11.8 Å². The van der Waals surface area contributed by atoms with Gasteiger partial charge in [-0.3, -0.25) is 9.78 Å². The zero-order valence-corrected chi connectivity index (χ0v) is 18.2. The van der Waals surface area contributed by atoms with Gasteiger partial charge >= 0.3 is 0 Å². The average Bonchev–Trinajstić information content (AvgIpc) is 3.21. The Morgan fingerprint density at radius 3 is 2.65 bits per heavy atom. The van der Waals surface area contributed by atoms with Crippen molar-refractivity contribution in [2.75, 3.05) is 0 Å². The number of rotatable bonds is 7. The molecular formula is C25H23N3O2S. The standard InChI is InChI=1S/C25H23N3O2S/c1-17(20-11-8-13-22(15-20)30-16-21-12-6-7-14-26-21)27-25(29)24-23(28-18(2)31-24)19-9-4-3-5-10-19/h3-15,17H,16H2,1-2H3,(H,27,29). The lowest BCUT2D eigenvalue weighted by Gasteiger charge is -2.15. The Morgan fingerprint density at radius 1 is 1.06 bits per heavy atom. The third-order valence-electron chi connectivity index (χ3n) is 4.81. The molecule has 4 rings (SSSR count). The summed E-state index contributed by atoms with van der Waals surface area (Å²) in [5.41, 5.74) is 3.49. The van der Waals surface area contributed by atoms with Crippen molar-refractivity contribution in [3.8, 4) is 17.0 Å². The molecule has 31 heavy (non-hydrogen) atoms. The summed E-state index contributed by atoms with van der Waals surface area (Å²) < 4.78 is 5.87. The Balaban J connectivity index is 1.46. The minimum atomic E-state index is -0.183. The number of amides is 1. The van der Waals surface area contributed by atoms with E-state index < -0.39 is 0 Å². The summed E-state index contributed by atoms with van der Waals surface area (Å²) in [4.78, 5) is 22.5. The van der Waals surface area contributed by atoms with Crippen molar-refractivity contribution in [3.63, 3.8) is 0 Å². The number of hydrogen-bond donors (Lipinski definition) is 1. The van der Waals surface area contributed by atoms with Gasteiger partial charge in [-0.2, -0.15) is 0 Å². The van der Waals surface area contributed by atoms with Crippen LogP contribution in [0.2, 0.25) is 0 Å². The molecule has 0 saturated heterocycles. The molecule has 0 aliphatic rings. The van der Waals surface area contributed by atoms with E-state index in [0.29, 0.717) is 11.5 Å². The topological polar surface area (TPSA) is 64.1 Å². The molecule has 1 N–H and O–H groups in total. The van der Waals surface area contributed by atoms with Gasteiger partial charge in [0.05, 0.1) is 22.4 Å². The average molecular weight is 430 g/mol. The van der Waals surface area contributed by atoms with Gasteiger partial charge in [-0.05, 0) is 43.7 Å². The van der Waals surface area contributed by atoms with Crippen molar-refractivity contribution >= 4 is 17.2 Å². The largest absolute Gasteiger partial charge is 0.487 e. The van der Waals surface area contributed by atoms with Crippen LogP contribution in [0.3, 0.4) is 0 Å². The number of benzene rings is 2. The molecule has 156 valence electrons. The smallest absolute Gasteiger partial charge is 0.264 e. The monoisotopic (exact) mass is 429 g/mol. The summed E-state index contributed by atoms with van der Waals surface area (Å²) in [7, 11) is 0. The van der Waals surface area contributed by atoms with Crippen LogP contribution >= 0.6 is 11.3 Å². The first-order valence-corrected chi connectivity index (χ1v) is 10.9. The first-order chi connectivity index (χ1) is 15.1. The second-order valence-electron chi connectivity index (χ2n) is 7.15. The molecule has 2 aromatic heterocycles. The first-order valence-electron chi connectivity index (χ1n) is 10.1. The van der Waals surface area contributed by atoms with E-state index in [1.807, 2.05) is 86.6 Å². The quantitative estimate of drug-likeness (QED) is 0.416. The third kappa shape index (κ3) is 5.16. The summed E-state index contributed by atoms with van der Waals surface area (Å²) in [5, 5.41) is 3.96. The summed E-state index contributed by atoms with van der Waals surface area (Å²) in [6.07, 6.45) is 1.75. The van der Waals surface area contributed by atoms with E-state index in [2.05, 4.69) is 15.3 Å². The number of carbonyl (C=O) groups is 1. The number of aromatic nitrogens is 2. The van der Waals surface area contributed by atoms with Gasteiger partial charge in [-0.15, -0.1) is 11.3 Å². The van der Waals surface area contributed by atoms with Crippen LogP contribution < -0.4 is 10.1 Å². The predicted molar refractivity (Wildman–Crippen MR) is 123 cm³/mol. The highest BCUT2D eigenvalue weighted by Gasteiger charge is 2.20. The fourth-order valence-electron chi connectivity index (χ4n) is 3.23. The molecule has 0 saturated carbocycles.